The van der Waals surface area contributed by atoms with Crippen LogP contribution in [-0.4, -0.2) is 0 Å². The zero-order chi connectivity index (χ0) is 11.5. The van der Waals surface area contributed by atoms with Gasteiger partial charge in [0.25, 0.3) is 0 Å². The minimum atomic E-state index is 0.236. The second-order valence-corrected chi connectivity index (χ2v) is 7.03. The highest BCUT2D eigenvalue weighted by Crippen LogP contribution is 2.36. The molecule has 0 spiro atoms. The molecule has 1 aliphatic rings. The molecular formula is C12H7Br2NS. The molecule has 0 N–H and O–H groups in total. The van der Waals surface area contributed by atoms with Crippen LogP contribution in [0.2, 0.25) is 0 Å². The van der Waals surface area contributed by atoms with E-state index < -0.39 is 0 Å². The van der Waals surface area contributed by atoms with Gasteiger partial charge in [0.05, 0.1) is 19.2 Å². The van der Waals surface area contributed by atoms with Gasteiger partial charge in [0.15, 0.2) is 0 Å². The Balaban J connectivity index is 2.36. The minimum Gasteiger partial charge on any atom is -0.192 e. The maximum absolute atomic E-state index is 9.18. The van der Waals surface area contributed by atoms with Gasteiger partial charge in [-0.3, -0.25) is 0 Å². The molecule has 0 saturated heterocycles. The van der Waals surface area contributed by atoms with Crippen molar-refractivity contribution in [2.75, 3.05) is 0 Å². The Kier molecular flexibility index (Phi) is 3.80. The van der Waals surface area contributed by atoms with Crippen LogP contribution in [0.4, 0.5) is 0 Å². The van der Waals surface area contributed by atoms with E-state index in [1.54, 1.807) is 11.3 Å². The van der Waals surface area contributed by atoms with E-state index in [-0.39, 0.29) is 5.92 Å². The number of allylic oxidation sites excluding steroid dienone is 6. The summed E-state index contributed by atoms with van der Waals surface area (Å²) in [5.74, 6) is 0.236. The molecule has 0 unspecified atom stereocenters. The lowest BCUT2D eigenvalue weighted by atomic mass is 10.0. The van der Waals surface area contributed by atoms with Gasteiger partial charge < -0.3 is 0 Å². The topological polar surface area (TPSA) is 23.8 Å². The van der Waals surface area contributed by atoms with Gasteiger partial charge in [-0.05, 0) is 37.9 Å². The van der Waals surface area contributed by atoms with E-state index in [1.165, 1.54) is 0 Å². The van der Waals surface area contributed by atoms with Crippen LogP contribution in [0.5, 0.6) is 0 Å². The smallest absolute Gasteiger partial charge is 0.0995 e. The fourth-order valence-electron chi connectivity index (χ4n) is 1.46. The van der Waals surface area contributed by atoms with Crippen molar-refractivity contribution in [1.82, 2.24) is 0 Å². The third kappa shape index (κ3) is 2.54. The number of rotatable bonds is 2. The number of thiophene rings is 1. The van der Waals surface area contributed by atoms with Crippen molar-refractivity contribution in [2.45, 2.75) is 0 Å². The zero-order valence-electron chi connectivity index (χ0n) is 8.15. The Morgan fingerprint density at radius 1 is 1.38 bits per heavy atom. The molecule has 0 atom stereocenters. The molecule has 0 fully saturated rings. The molecule has 0 aromatic carbocycles. The van der Waals surface area contributed by atoms with Crippen molar-refractivity contribution in [3.8, 4) is 6.07 Å². The van der Waals surface area contributed by atoms with Crippen LogP contribution in [-0.2, 0) is 0 Å². The zero-order valence-corrected chi connectivity index (χ0v) is 12.1. The lowest BCUT2D eigenvalue weighted by Crippen LogP contribution is -1.86. The highest BCUT2D eigenvalue weighted by Gasteiger charge is 2.11. The second kappa shape index (κ2) is 5.13. The Labute approximate surface area is 115 Å². The molecule has 0 amide bonds. The molecule has 2 rings (SSSR count). The number of halogens is 2. The van der Waals surface area contributed by atoms with Gasteiger partial charge in [-0.25, -0.2) is 0 Å². The summed E-state index contributed by atoms with van der Waals surface area (Å²) in [6.45, 7) is 0. The van der Waals surface area contributed by atoms with Crippen molar-refractivity contribution in [2.24, 2.45) is 5.92 Å². The number of hydrogen-bond acceptors (Lipinski definition) is 2. The van der Waals surface area contributed by atoms with E-state index in [2.05, 4.69) is 50.1 Å². The predicted octanol–water partition coefficient (Wildman–Crippen LogP) is 4.92. The van der Waals surface area contributed by atoms with Gasteiger partial charge in [-0.1, -0.05) is 30.4 Å². The summed E-state index contributed by atoms with van der Waals surface area (Å²) in [6, 6.07) is 4.21. The highest BCUT2D eigenvalue weighted by molar-refractivity contribution is 9.12. The van der Waals surface area contributed by atoms with Crippen LogP contribution >= 0.6 is 43.2 Å². The number of nitriles is 1. The summed E-state index contributed by atoms with van der Waals surface area (Å²) in [5.41, 5.74) is 1.66. The Morgan fingerprint density at radius 3 is 2.56 bits per heavy atom. The summed E-state index contributed by atoms with van der Waals surface area (Å²) >= 11 is 8.46. The summed E-state index contributed by atoms with van der Waals surface area (Å²) < 4.78 is 2.01. The fraction of sp³-hybridized carbons (Fsp3) is 0.0833. The third-order valence-electron chi connectivity index (χ3n) is 2.20. The molecule has 0 saturated carbocycles. The van der Waals surface area contributed by atoms with E-state index in [1.807, 2.05) is 24.3 Å². The number of hydrogen-bond donors (Lipinski definition) is 0. The monoisotopic (exact) mass is 355 g/mol. The summed E-state index contributed by atoms with van der Waals surface area (Å²) in [6.07, 6.45) is 10.1. The SMILES string of the molecule is N#C/C(=C/C1C=CC=C1)c1cc(Br)sc1Br. The maximum atomic E-state index is 9.18. The molecule has 1 aliphatic carbocycles. The highest BCUT2D eigenvalue weighted by atomic mass is 79.9. The Bertz CT molecular complexity index is 520. The van der Waals surface area contributed by atoms with Gasteiger partial charge in [0, 0.05) is 11.5 Å². The second-order valence-electron chi connectivity index (χ2n) is 3.28. The molecule has 1 nitrogen and oxygen atoms in total. The molecule has 16 heavy (non-hydrogen) atoms. The van der Waals surface area contributed by atoms with Crippen molar-refractivity contribution >= 4 is 48.8 Å². The van der Waals surface area contributed by atoms with Crippen LogP contribution in [0.15, 0.2) is 44.0 Å². The van der Waals surface area contributed by atoms with Crippen LogP contribution in [0.3, 0.4) is 0 Å². The molecule has 0 bridgehead atoms. The molecule has 0 radical (unpaired) electrons. The Hall–Kier alpha value is -0.630. The van der Waals surface area contributed by atoms with Crippen molar-refractivity contribution in [3.05, 3.63) is 49.6 Å². The van der Waals surface area contributed by atoms with E-state index in [4.69, 9.17) is 0 Å². The van der Waals surface area contributed by atoms with Crippen LogP contribution in [0.1, 0.15) is 5.56 Å². The first kappa shape index (κ1) is 11.8. The normalized spacial score (nSPS) is 15.7. The predicted molar refractivity (Wildman–Crippen MR) is 75.1 cm³/mol. The quantitative estimate of drug-likeness (QED) is 0.689. The van der Waals surface area contributed by atoms with Crippen molar-refractivity contribution in [3.63, 3.8) is 0 Å². The van der Waals surface area contributed by atoms with Gasteiger partial charge in [0.2, 0.25) is 0 Å². The fourth-order valence-corrected chi connectivity index (χ4v) is 4.31. The average molecular weight is 357 g/mol. The summed E-state index contributed by atoms with van der Waals surface area (Å²) in [5, 5.41) is 9.18. The molecule has 1 aromatic heterocycles. The summed E-state index contributed by atoms with van der Waals surface area (Å²) in [7, 11) is 0. The van der Waals surface area contributed by atoms with Crippen LogP contribution < -0.4 is 0 Å². The van der Waals surface area contributed by atoms with E-state index in [0.717, 1.165) is 13.1 Å². The van der Waals surface area contributed by atoms with Crippen molar-refractivity contribution < 1.29 is 0 Å². The third-order valence-corrected chi connectivity index (χ3v) is 4.54. The average Bonchev–Trinajstić information content (AvgIpc) is 2.85. The Morgan fingerprint density at radius 2 is 2.06 bits per heavy atom. The number of nitrogens with zero attached hydrogens (tertiary/aromatic N) is 1. The molecular weight excluding hydrogens is 350 g/mol. The van der Waals surface area contributed by atoms with E-state index in [9.17, 15) is 5.26 Å². The lowest BCUT2D eigenvalue weighted by Gasteiger charge is -2.00. The standard InChI is InChI=1S/C12H7Br2NS/c13-11-6-10(12(14)16-11)9(7-15)5-8-3-1-2-4-8/h1-6,8H/b9-5-. The van der Waals surface area contributed by atoms with E-state index >= 15 is 0 Å². The van der Waals surface area contributed by atoms with Crippen LogP contribution in [0, 0.1) is 17.2 Å². The van der Waals surface area contributed by atoms with Gasteiger partial charge in [0.1, 0.15) is 0 Å². The first-order valence-corrected chi connectivity index (χ1v) is 7.03. The van der Waals surface area contributed by atoms with Gasteiger partial charge >= 0.3 is 0 Å². The van der Waals surface area contributed by atoms with Crippen LogP contribution in [0.25, 0.3) is 5.57 Å². The summed E-state index contributed by atoms with van der Waals surface area (Å²) in [4.78, 5) is 0. The molecule has 1 heterocycles. The maximum Gasteiger partial charge on any atom is 0.0995 e. The first-order chi connectivity index (χ1) is 7.70. The molecule has 1 aromatic rings. The van der Waals surface area contributed by atoms with Gasteiger partial charge in [-0.2, -0.15) is 5.26 Å². The van der Waals surface area contributed by atoms with Crippen molar-refractivity contribution in [1.29, 1.82) is 5.26 Å². The van der Waals surface area contributed by atoms with Gasteiger partial charge in [-0.15, -0.1) is 11.3 Å². The molecule has 4 heteroatoms. The molecule has 0 aliphatic heterocycles. The van der Waals surface area contributed by atoms with E-state index in [0.29, 0.717) is 5.57 Å². The lowest BCUT2D eigenvalue weighted by molar-refractivity contribution is 1.10. The first-order valence-electron chi connectivity index (χ1n) is 4.63. The molecule has 80 valence electrons. The largest absolute Gasteiger partial charge is 0.192 e. The minimum absolute atomic E-state index is 0.236.